The second-order valence-corrected chi connectivity index (χ2v) is 4.79. The van der Waals surface area contributed by atoms with Crippen molar-refractivity contribution in [3.05, 3.63) is 0 Å². The van der Waals surface area contributed by atoms with Crippen LogP contribution in [-0.2, 0) is 18.9 Å². The highest BCUT2D eigenvalue weighted by atomic mass is 16.5. The van der Waals surface area contributed by atoms with Crippen molar-refractivity contribution in [1.29, 1.82) is 0 Å². The minimum atomic E-state index is 0.572. The van der Waals surface area contributed by atoms with Crippen LogP contribution in [0, 0.1) is 5.92 Å². The summed E-state index contributed by atoms with van der Waals surface area (Å²) in [6, 6.07) is 0.584. The van der Waals surface area contributed by atoms with Gasteiger partial charge in [-0.3, -0.25) is 0 Å². The van der Waals surface area contributed by atoms with Crippen LogP contribution in [0.25, 0.3) is 0 Å². The van der Waals surface area contributed by atoms with Crippen LogP contribution in [0.2, 0.25) is 0 Å². The van der Waals surface area contributed by atoms with Crippen LogP contribution in [0.15, 0.2) is 0 Å². The normalized spacial score (nSPS) is 23.7. The van der Waals surface area contributed by atoms with Gasteiger partial charge in [0.15, 0.2) is 0 Å². The predicted octanol–water partition coefficient (Wildman–Crippen LogP) is 1.07. The summed E-state index contributed by atoms with van der Waals surface area (Å²) in [5.74, 6) is 0.572. The largest absolute Gasteiger partial charge is 0.382 e. The average molecular weight is 275 g/mol. The molecule has 0 spiro atoms. The molecule has 5 nitrogen and oxygen atoms in total. The van der Waals surface area contributed by atoms with Crippen LogP contribution in [0.3, 0.4) is 0 Å². The summed E-state index contributed by atoms with van der Waals surface area (Å²) in [6.45, 7) is 8.26. The molecule has 0 aliphatic carbocycles. The van der Waals surface area contributed by atoms with Crippen LogP contribution in [0.1, 0.15) is 19.8 Å². The third-order valence-electron chi connectivity index (χ3n) is 3.38. The standard InChI is InChI=1S/C14H29NO4/c1-3-15-14-5-7-19-12-13(14)4-6-17-10-11-18-9-8-16-2/h13-15H,3-12H2,1-2H3. The highest BCUT2D eigenvalue weighted by molar-refractivity contribution is 4.79. The zero-order valence-corrected chi connectivity index (χ0v) is 12.4. The van der Waals surface area contributed by atoms with Crippen molar-refractivity contribution in [3.63, 3.8) is 0 Å². The molecule has 0 saturated carbocycles. The molecule has 0 aromatic carbocycles. The molecule has 1 saturated heterocycles. The van der Waals surface area contributed by atoms with E-state index in [2.05, 4.69) is 12.2 Å². The lowest BCUT2D eigenvalue weighted by molar-refractivity contribution is -0.000879. The third kappa shape index (κ3) is 7.84. The average Bonchev–Trinajstić information content (AvgIpc) is 2.44. The van der Waals surface area contributed by atoms with Crippen LogP contribution in [0.5, 0.6) is 0 Å². The van der Waals surface area contributed by atoms with Crippen molar-refractivity contribution >= 4 is 0 Å². The summed E-state index contributed by atoms with van der Waals surface area (Å²) >= 11 is 0. The molecule has 2 atom stereocenters. The molecule has 1 heterocycles. The molecule has 1 fully saturated rings. The van der Waals surface area contributed by atoms with Crippen molar-refractivity contribution in [2.24, 2.45) is 5.92 Å². The topological polar surface area (TPSA) is 49.0 Å². The van der Waals surface area contributed by atoms with E-state index in [0.29, 0.717) is 38.4 Å². The van der Waals surface area contributed by atoms with Gasteiger partial charge >= 0.3 is 0 Å². The fraction of sp³-hybridized carbons (Fsp3) is 1.00. The number of methoxy groups -OCH3 is 1. The lowest BCUT2D eigenvalue weighted by Crippen LogP contribution is -2.43. The van der Waals surface area contributed by atoms with Gasteiger partial charge in [-0.1, -0.05) is 6.92 Å². The molecule has 114 valence electrons. The Labute approximate surface area is 116 Å². The van der Waals surface area contributed by atoms with Gasteiger partial charge in [0, 0.05) is 26.4 Å². The van der Waals surface area contributed by atoms with E-state index in [1.54, 1.807) is 7.11 Å². The van der Waals surface area contributed by atoms with Gasteiger partial charge in [-0.25, -0.2) is 0 Å². The van der Waals surface area contributed by atoms with Gasteiger partial charge in [0.1, 0.15) is 0 Å². The first kappa shape index (κ1) is 16.9. The van der Waals surface area contributed by atoms with Crippen LogP contribution < -0.4 is 5.32 Å². The first-order valence-electron chi connectivity index (χ1n) is 7.34. The summed E-state index contributed by atoms with van der Waals surface area (Å²) in [4.78, 5) is 0. The molecule has 0 aromatic heterocycles. The van der Waals surface area contributed by atoms with E-state index in [0.717, 1.165) is 39.2 Å². The van der Waals surface area contributed by atoms with E-state index >= 15 is 0 Å². The predicted molar refractivity (Wildman–Crippen MR) is 74.5 cm³/mol. The van der Waals surface area contributed by atoms with Gasteiger partial charge in [-0.05, 0) is 25.3 Å². The zero-order valence-electron chi connectivity index (χ0n) is 12.4. The molecule has 1 N–H and O–H groups in total. The van der Waals surface area contributed by atoms with Crippen molar-refractivity contribution in [3.8, 4) is 0 Å². The summed E-state index contributed by atoms with van der Waals surface area (Å²) in [5, 5.41) is 3.54. The van der Waals surface area contributed by atoms with Crippen molar-refractivity contribution < 1.29 is 18.9 Å². The lowest BCUT2D eigenvalue weighted by Gasteiger charge is -2.32. The Kier molecular flexibility index (Phi) is 10.3. The van der Waals surface area contributed by atoms with Crippen molar-refractivity contribution in [2.75, 3.05) is 59.9 Å². The smallest absolute Gasteiger partial charge is 0.0701 e. The number of ether oxygens (including phenoxy) is 4. The van der Waals surface area contributed by atoms with E-state index < -0.39 is 0 Å². The third-order valence-corrected chi connectivity index (χ3v) is 3.38. The maximum atomic E-state index is 5.59. The number of nitrogens with one attached hydrogen (secondary N) is 1. The van der Waals surface area contributed by atoms with E-state index in [4.69, 9.17) is 18.9 Å². The Hall–Kier alpha value is -0.200. The van der Waals surface area contributed by atoms with Crippen molar-refractivity contribution in [2.45, 2.75) is 25.8 Å². The monoisotopic (exact) mass is 275 g/mol. The van der Waals surface area contributed by atoms with E-state index in [-0.39, 0.29) is 0 Å². The summed E-state index contributed by atoms with van der Waals surface area (Å²) in [7, 11) is 1.67. The summed E-state index contributed by atoms with van der Waals surface area (Å²) in [6.07, 6.45) is 2.16. The van der Waals surface area contributed by atoms with Gasteiger partial charge in [0.25, 0.3) is 0 Å². The Morgan fingerprint density at radius 3 is 2.58 bits per heavy atom. The zero-order chi connectivity index (χ0) is 13.8. The molecule has 1 rings (SSSR count). The molecule has 1 aliphatic heterocycles. The molecule has 1 aliphatic rings. The van der Waals surface area contributed by atoms with Gasteiger partial charge in [0.05, 0.1) is 33.0 Å². The maximum Gasteiger partial charge on any atom is 0.0701 e. The van der Waals surface area contributed by atoms with Crippen LogP contribution in [0.4, 0.5) is 0 Å². The van der Waals surface area contributed by atoms with Crippen LogP contribution in [-0.4, -0.2) is 65.9 Å². The molecule has 19 heavy (non-hydrogen) atoms. The first-order chi connectivity index (χ1) is 9.38. The maximum absolute atomic E-state index is 5.59. The Bertz CT molecular complexity index is 202. The van der Waals surface area contributed by atoms with Gasteiger partial charge in [0.2, 0.25) is 0 Å². The molecule has 0 bridgehead atoms. The Morgan fingerprint density at radius 1 is 1.11 bits per heavy atom. The minimum absolute atomic E-state index is 0.572. The first-order valence-corrected chi connectivity index (χ1v) is 7.34. The van der Waals surface area contributed by atoms with Crippen LogP contribution >= 0.6 is 0 Å². The minimum Gasteiger partial charge on any atom is -0.382 e. The molecule has 0 aromatic rings. The Balaban J connectivity index is 1.97. The highest BCUT2D eigenvalue weighted by Crippen LogP contribution is 2.18. The quantitative estimate of drug-likeness (QED) is 0.572. The van der Waals surface area contributed by atoms with Gasteiger partial charge in [-0.15, -0.1) is 0 Å². The SMILES string of the molecule is CCNC1CCOCC1CCOCCOCCOC. The number of hydrogen-bond acceptors (Lipinski definition) is 5. The fourth-order valence-electron chi connectivity index (χ4n) is 2.31. The second kappa shape index (κ2) is 11.6. The molecule has 5 heteroatoms. The van der Waals surface area contributed by atoms with E-state index in [9.17, 15) is 0 Å². The second-order valence-electron chi connectivity index (χ2n) is 4.79. The summed E-state index contributed by atoms with van der Waals surface area (Å²) < 4.78 is 21.4. The van der Waals surface area contributed by atoms with Gasteiger partial charge in [-0.2, -0.15) is 0 Å². The van der Waals surface area contributed by atoms with E-state index in [1.807, 2.05) is 0 Å². The molecule has 0 radical (unpaired) electrons. The fourth-order valence-corrected chi connectivity index (χ4v) is 2.31. The van der Waals surface area contributed by atoms with Gasteiger partial charge < -0.3 is 24.3 Å². The molecular formula is C14H29NO4. The summed E-state index contributed by atoms with van der Waals surface area (Å²) in [5.41, 5.74) is 0. The highest BCUT2D eigenvalue weighted by Gasteiger charge is 2.24. The van der Waals surface area contributed by atoms with E-state index in [1.165, 1.54) is 0 Å². The number of hydrogen-bond donors (Lipinski definition) is 1. The Morgan fingerprint density at radius 2 is 1.84 bits per heavy atom. The molecular weight excluding hydrogens is 246 g/mol. The number of rotatable bonds is 11. The van der Waals surface area contributed by atoms with Crippen molar-refractivity contribution in [1.82, 2.24) is 5.32 Å². The molecule has 2 unspecified atom stereocenters. The molecule has 0 amide bonds. The lowest BCUT2D eigenvalue weighted by atomic mass is 9.93.